The lowest BCUT2D eigenvalue weighted by Crippen LogP contribution is -2.33. The third-order valence-corrected chi connectivity index (χ3v) is 4.37. The fraction of sp³-hybridized carbons (Fsp3) is 0.188. The van der Waals surface area contributed by atoms with Gasteiger partial charge in [0.25, 0.3) is 5.91 Å². The van der Waals surface area contributed by atoms with Crippen LogP contribution in [0.5, 0.6) is 5.75 Å². The average Bonchev–Trinajstić information content (AvgIpc) is 2.78. The van der Waals surface area contributed by atoms with Crippen LogP contribution in [-0.4, -0.2) is 22.2 Å². The smallest absolute Gasteiger partial charge is 0.251 e. The van der Waals surface area contributed by atoms with Gasteiger partial charge in [-0.15, -0.1) is 0 Å². The van der Waals surface area contributed by atoms with E-state index in [-0.39, 0.29) is 11.7 Å². The highest BCUT2D eigenvalue weighted by Crippen LogP contribution is 2.32. The monoisotopic (exact) mass is 347 g/mol. The molecule has 0 heterocycles. The van der Waals surface area contributed by atoms with Gasteiger partial charge >= 0.3 is 0 Å². The number of carbonyl (C=O) groups is 1. The van der Waals surface area contributed by atoms with Crippen molar-refractivity contribution in [2.24, 2.45) is 0 Å². The lowest BCUT2D eigenvalue weighted by atomic mass is 10.1. The van der Waals surface area contributed by atoms with Gasteiger partial charge in [-0.3, -0.25) is 4.79 Å². The van der Waals surface area contributed by atoms with E-state index in [0.29, 0.717) is 16.5 Å². The van der Waals surface area contributed by atoms with Gasteiger partial charge in [0.1, 0.15) is 5.75 Å². The number of aliphatic hydroxyl groups is 1. The van der Waals surface area contributed by atoms with Crippen molar-refractivity contribution in [3.8, 4) is 5.75 Å². The molecule has 21 heavy (non-hydrogen) atoms. The number of rotatable bonds is 2. The number of halogens is 1. The van der Waals surface area contributed by atoms with Crippen LogP contribution in [0.1, 0.15) is 27.5 Å². The molecule has 1 aliphatic rings. The summed E-state index contributed by atoms with van der Waals surface area (Å²) in [5.41, 5.74) is 2.35. The number of aliphatic hydroxyl groups excluding tert-OH is 1. The van der Waals surface area contributed by atoms with Crippen LogP contribution in [-0.2, 0) is 6.42 Å². The molecular formula is C16H14BrNO3. The number of benzene rings is 2. The Hall–Kier alpha value is -1.85. The Kier molecular flexibility index (Phi) is 3.69. The van der Waals surface area contributed by atoms with Gasteiger partial charge in [0.05, 0.1) is 16.6 Å². The summed E-state index contributed by atoms with van der Waals surface area (Å²) in [6.45, 7) is 0. The molecule has 0 saturated heterocycles. The first-order chi connectivity index (χ1) is 10.1. The normalized spacial score (nSPS) is 20.1. The Balaban J connectivity index is 1.83. The van der Waals surface area contributed by atoms with Crippen LogP contribution in [0.4, 0.5) is 0 Å². The predicted octanol–water partition coefficient (Wildman–Crippen LogP) is 2.54. The maximum Gasteiger partial charge on any atom is 0.251 e. The molecule has 0 radical (unpaired) electrons. The molecule has 0 spiro atoms. The van der Waals surface area contributed by atoms with Crippen LogP contribution in [0.2, 0.25) is 0 Å². The van der Waals surface area contributed by atoms with Crippen molar-refractivity contribution in [2.45, 2.75) is 18.6 Å². The van der Waals surface area contributed by atoms with Gasteiger partial charge in [-0.05, 0) is 45.3 Å². The highest BCUT2D eigenvalue weighted by atomic mass is 79.9. The first kappa shape index (κ1) is 14.1. The molecule has 2 atom stereocenters. The van der Waals surface area contributed by atoms with E-state index in [1.165, 1.54) is 6.07 Å². The Morgan fingerprint density at radius 1 is 1.24 bits per heavy atom. The van der Waals surface area contributed by atoms with Crippen molar-refractivity contribution in [1.82, 2.24) is 5.32 Å². The number of nitrogens with one attached hydrogen (secondary N) is 1. The van der Waals surface area contributed by atoms with Gasteiger partial charge in [-0.1, -0.05) is 24.3 Å². The first-order valence-electron chi connectivity index (χ1n) is 6.61. The largest absolute Gasteiger partial charge is 0.507 e. The summed E-state index contributed by atoms with van der Waals surface area (Å²) in [6, 6.07) is 11.9. The molecule has 0 saturated carbocycles. The first-order valence-corrected chi connectivity index (χ1v) is 7.41. The maximum absolute atomic E-state index is 12.3. The zero-order valence-electron chi connectivity index (χ0n) is 11.1. The number of phenolic OH excluding ortho intramolecular Hbond substituents is 1. The third kappa shape index (κ3) is 2.66. The molecule has 0 aliphatic heterocycles. The molecule has 108 valence electrons. The Bertz CT molecular complexity index is 702. The molecule has 4 nitrogen and oxygen atoms in total. The van der Waals surface area contributed by atoms with Crippen molar-refractivity contribution in [3.63, 3.8) is 0 Å². The predicted molar refractivity (Wildman–Crippen MR) is 82.2 cm³/mol. The number of carbonyl (C=O) groups excluding carboxylic acids is 1. The van der Waals surface area contributed by atoms with Gasteiger partial charge in [-0.25, -0.2) is 0 Å². The number of amides is 1. The molecule has 0 fully saturated rings. The molecule has 3 rings (SSSR count). The minimum absolute atomic E-state index is 0.00928. The minimum Gasteiger partial charge on any atom is -0.507 e. The van der Waals surface area contributed by atoms with Crippen molar-refractivity contribution < 1.29 is 15.0 Å². The second-order valence-corrected chi connectivity index (χ2v) is 5.94. The van der Waals surface area contributed by atoms with E-state index < -0.39 is 12.1 Å². The number of fused-ring (bicyclic) bond motifs is 1. The highest BCUT2D eigenvalue weighted by Gasteiger charge is 2.32. The van der Waals surface area contributed by atoms with Crippen molar-refractivity contribution in [3.05, 3.63) is 63.6 Å². The van der Waals surface area contributed by atoms with Crippen molar-refractivity contribution in [1.29, 1.82) is 0 Å². The summed E-state index contributed by atoms with van der Waals surface area (Å²) in [5, 5.41) is 22.6. The van der Waals surface area contributed by atoms with E-state index in [1.807, 2.05) is 24.3 Å². The lowest BCUT2D eigenvalue weighted by Gasteiger charge is -2.18. The molecule has 2 aromatic carbocycles. The van der Waals surface area contributed by atoms with E-state index in [2.05, 4.69) is 21.2 Å². The second-order valence-electron chi connectivity index (χ2n) is 5.09. The van der Waals surface area contributed by atoms with Crippen LogP contribution >= 0.6 is 15.9 Å². The van der Waals surface area contributed by atoms with Gasteiger partial charge < -0.3 is 15.5 Å². The zero-order chi connectivity index (χ0) is 15.0. The van der Waals surface area contributed by atoms with Crippen molar-refractivity contribution >= 4 is 21.8 Å². The van der Waals surface area contributed by atoms with Crippen LogP contribution in [0, 0.1) is 0 Å². The van der Waals surface area contributed by atoms with Gasteiger partial charge in [-0.2, -0.15) is 0 Å². The summed E-state index contributed by atoms with van der Waals surface area (Å²) in [7, 11) is 0. The van der Waals surface area contributed by atoms with Crippen molar-refractivity contribution in [2.75, 3.05) is 0 Å². The quantitative estimate of drug-likeness (QED) is 0.781. The topological polar surface area (TPSA) is 69.6 Å². The Labute approximate surface area is 130 Å². The van der Waals surface area contributed by atoms with E-state index >= 15 is 0 Å². The SMILES string of the molecule is O=C(NC1c2ccccc2CC1O)c1ccc(Br)c(O)c1. The highest BCUT2D eigenvalue weighted by molar-refractivity contribution is 9.10. The number of hydrogen-bond acceptors (Lipinski definition) is 3. The average molecular weight is 348 g/mol. The molecule has 0 aromatic heterocycles. The van der Waals surface area contributed by atoms with E-state index in [1.54, 1.807) is 12.1 Å². The molecule has 5 heteroatoms. The second kappa shape index (κ2) is 5.50. The van der Waals surface area contributed by atoms with Crippen LogP contribution in [0.25, 0.3) is 0 Å². The summed E-state index contributed by atoms with van der Waals surface area (Å²) < 4.78 is 0.533. The maximum atomic E-state index is 12.3. The zero-order valence-corrected chi connectivity index (χ0v) is 12.7. The van der Waals surface area contributed by atoms with Crippen LogP contribution in [0.15, 0.2) is 46.9 Å². The summed E-state index contributed by atoms with van der Waals surface area (Å²) in [4.78, 5) is 12.3. The molecular weight excluding hydrogens is 334 g/mol. The molecule has 0 bridgehead atoms. The molecule has 1 aliphatic carbocycles. The number of phenols is 1. The summed E-state index contributed by atoms with van der Waals surface area (Å²) >= 11 is 3.18. The number of aromatic hydroxyl groups is 1. The van der Waals surface area contributed by atoms with E-state index in [9.17, 15) is 15.0 Å². The van der Waals surface area contributed by atoms with Gasteiger partial charge in [0.2, 0.25) is 0 Å². The summed E-state index contributed by atoms with van der Waals surface area (Å²) in [5.74, 6) is -0.312. The fourth-order valence-corrected chi connectivity index (χ4v) is 2.87. The molecule has 1 amide bonds. The van der Waals surface area contributed by atoms with Gasteiger partial charge in [0.15, 0.2) is 0 Å². The molecule has 2 aromatic rings. The van der Waals surface area contributed by atoms with E-state index in [0.717, 1.165) is 11.1 Å². The Morgan fingerprint density at radius 2 is 2.00 bits per heavy atom. The van der Waals surface area contributed by atoms with Crippen LogP contribution in [0.3, 0.4) is 0 Å². The standard InChI is InChI=1S/C16H14BrNO3/c17-12-6-5-10(8-13(12)19)16(21)18-15-11-4-2-1-3-9(11)7-14(15)20/h1-6,8,14-15,19-20H,7H2,(H,18,21). The molecule has 3 N–H and O–H groups in total. The van der Waals surface area contributed by atoms with Crippen LogP contribution < -0.4 is 5.32 Å². The lowest BCUT2D eigenvalue weighted by molar-refractivity contribution is 0.0858. The number of hydrogen-bond donors (Lipinski definition) is 3. The third-order valence-electron chi connectivity index (χ3n) is 3.70. The van der Waals surface area contributed by atoms with E-state index in [4.69, 9.17) is 0 Å². The summed E-state index contributed by atoms with van der Waals surface area (Å²) in [6.07, 6.45) is -0.0948. The minimum atomic E-state index is -0.629. The fourth-order valence-electron chi connectivity index (χ4n) is 2.63. The molecule has 2 unspecified atom stereocenters. The van der Waals surface area contributed by atoms with Gasteiger partial charge in [0, 0.05) is 12.0 Å². The Morgan fingerprint density at radius 3 is 2.76 bits per heavy atom.